The summed E-state index contributed by atoms with van der Waals surface area (Å²) in [4.78, 5) is 12.7. The number of carbonyl (C=O) groups excluding carboxylic acids is 1. The average Bonchev–Trinajstić information content (AvgIpc) is 3.10. The third-order valence-corrected chi connectivity index (χ3v) is 7.63. The molecule has 1 fully saturated rings. The van der Waals surface area contributed by atoms with E-state index in [1.165, 1.54) is 16.4 Å². The Hall–Kier alpha value is -2.35. The fourth-order valence-corrected chi connectivity index (χ4v) is 5.30. The molecule has 4 rings (SSSR count). The van der Waals surface area contributed by atoms with Crippen molar-refractivity contribution in [1.82, 2.24) is 4.31 Å². The van der Waals surface area contributed by atoms with Gasteiger partial charge in [0.1, 0.15) is 5.58 Å². The van der Waals surface area contributed by atoms with Crippen LogP contribution < -0.4 is 5.32 Å². The van der Waals surface area contributed by atoms with Crippen molar-refractivity contribution in [3.63, 3.8) is 0 Å². The number of carbonyl (C=O) groups is 1. The molecule has 0 bridgehead atoms. The molecule has 0 aliphatic carbocycles. The van der Waals surface area contributed by atoms with Crippen LogP contribution in [0, 0.1) is 5.92 Å². The lowest BCUT2D eigenvalue weighted by Gasteiger charge is -2.29. The van der Waals surface area contributed by atoms with Gasteiger partial charge in [-0.05, 0) is 61.2 Å². The molecule has 1 amide bonds. The van der Waals surface area contributed by atoms with Gasteiger partial charge >= 0.3 is 0 Å². The number of hydrogen-bond donors (Lipinski definition) is 1. The van der Waals surface area contributed by atoms with Crippen LogP contribution in [0.25, 0.3) is 11.0 Å². The van der Waals surface area contributed by atoms with E-state index < -0.39 is 10.0 Å². The van der Waals surface area contributed by atoms with Crippen LogP contribution in [-0.4, -0.2) is 31.7 Å². The van der Waals surface area contributed by atoms with Crippen LogP contribution in [0.5, 0.6) is 0 Å². The summed E-state index contributed by atoms with van der Waals surface area (Å²) in [7, 11) is -3.50. The van der Waals surface area contributed by atoms with Crippen LogP contribution in [0.1, 0.15) is 25.3 Å². The van der Waals surface area contributed by atoms with E-state index in [-0.39, 0.29) is 17.2 Å². The SMILES string of the molecule is CC1CCN(S(=O)(=O)c2ccc(NC(=O)Cc3coc4ccc(Cl)cc34)cc2)CC1. The fraction of sp³-hybridized carbons (Fsp3) is 0.318. The number of rotatable bonds is 5. The van der Waals surface area contributed by atoms with E-state index in [0.717, 1.165) is 23.8 Å². The molecule has 0 unspecified atom stereocenters. The first kappa shape index (κ1) is 20.9. The largest absolute Gasteiger partial charge is 0.464 e. The van der Waals surface area contributed by atoms with Crippen LogP contribution in [-0.2, 0) is 21.2 Å². The number of amides is 1. The lowest BCUT2D eigenvalue weighted by atomic mass is 10.0. The monoisotopic (exact) mass is 446 g/mol. The quantitative estimate of drug-likeness (QED) is 0.616. The number of halogens is 1. The molecule has 6 nitrogen and oxygen atoms in total. The van der Waals surface area contributed by atoms with Crippen molar-refractivity contribution >= 4 is 44.2 Å². The molecular weight excluding hydrogens is 424 g/mol. The highest BCUT2D eigenvalue weighted by Crippen LogP contribution is 2.26. The van der Waals surface area contributed by atoms with Gasteiger partial charge in [0.15, 0.2) is 0 Å². The van der Waals surface area contributed by atoms with E-state index >= 15 is 0 Å². The Balaban J connectivity index is 1.43. The minimum Gasteiger partial charge on any atom is -0.464 e. The van der Waals surface area contributed by atoms with Crippen molar-refractivity contribution in [2.24, 2.45) is 5.92 Å². The lowest BCUT2D eigenvalue weighted by molar-refractivity contribution is -0.115. The van der Waals surface area contributed by atoms with Gasteiger partial charge in [0.05, 0.1) is 17.6 Å². The molecule has 1 aliphatic heterocycles. The van der Waals surface area contributed by atoms with Gasteiger partial charge in [-0.25, -0.2) is 8.42 Å². The molecule has 1 N–H and O–H groups in total. The van der Waals surface area contributed by atoms with E-state index in [1.54, 1.807) is 36.6 Å². The molecular formula is C22H23ClN2O4S. The Morgan fingerprint density at radius 1 is 1.17 bits per heavy atom. The zero-order valence-electron chi connectivity index (χ0n) is 16.6. The van der Waals surface area contributed by atoms with E-state index in [2.05, 4.69) is 12.2 Å². The number of nitrogens with one attached hydrogen (secondary N) is 1. The topological polar surface area (TPSA) is 79.6 Å². The highest BCUT2D eigenvalue weighted by Gasteiger charge is 2.27. The van der Waals surface area contributed by atoms with Crippen LogP contribution in [0.15, 0.2) is 58.0 Å². The Morgan fingerprint density at radius 2 is 1.87 bits per heavy atom. The first-order valence-corrected chi connectivity index (χ1v) is 11.7. The summed E-state index contributed by atoms with van der Waals surface area (Å²) in [6.07, 6.45) is 3.43. The number of anilines is 1. The summed E-state index contributed by atoms with van der Waals surface area (Å²) in [5.74, 6) is 0.329. The minimum absolute atomic E-state index is 0.124. The number of fused-ring (bicyclic) bond motifs is 1. The van der Waals surface area contributed by atoms with Gasteiger partial charge < -0.3 is 9.73 Å². The molecule has 0 atom stereocenters. The molecule has 158 valence electrons. The van der Waals surface area contributed by atoms with Gasteiger partial charge in [-0.1, -0.05) is 18.5 Å². The number of hydrogen-bond acceptors (Lipinski definition) is 4. The van der Waals surface area contributed by atoms with Crippen LogP contribution in [0.2, 0.25) is 5.02 Å². The molecule has 2 heterocycles. The molecule has 0 spiro atoms. The first-order valence-electron chi connectivity index (χ1n) is 9.88. The number of benzene rings is 2. The average molecular weight is 447 g/mol. The zero-order chi connectivity index (χ0) is 21.3. The van der Waals surface area contributed by atoms with Gasteiger partial charge in [-0.2, -0.15) is 4.31 Å². The Kier molecular flexibility index (Phi) is 5.86. The van der Waals surface area contributed by atoms with Crippen molar-refractivity contribution in [2.75, 3.05) is 18.4 Å². The summed E-state index contributed by atoms with van der Waals surface area (Å²) >= 11 is 6.03. The van der Waals surface area contributed by atoms with Crippen LogP contribution in [0.3, 0.4) is 0 Å². The Labute approximate surface area is 180 Å². The van der Waals surface area contributed by atoms with E-state index in [4.69, 9.17) is 16.0 Å². The van der Waals surface area contributed by atoms with Crippen molar-refractivity contribution in [3.05, 3.63) is 59.3 Å². The standard InChI is InChI=1S/C22H23ClN2O4S/c1-15-8-10-25(11-9-15)30(27,28)19-5-3-18(4-6-19)24-22(26)12-16-14-29-21-7-2-17(23)13-20(16)21/h2-7,13-15H,8-12H2,1H3,(H,24,26). The van der Waals surface area contributed by atoms with E-state index in [9.17, 15) is 13.2 Å². The van der Waals surface area contributed by atoms with Crippen molar-refractivity contribution in [2.45, 2.75) is 31.1 Å². The summed E-state index contributed by atoms with van der Waals surface area (Å²) in [5, 5.41) is 4.18. The van der Waals surface area contributed by atoms with Gasteiger partial charge in [0.25, 0.3) is 0 Å². The molecule has 2 aromatic carbocycles. The van der Waals surface area contributed by atoms with Crippen molar-refractivity contribution in [1.29, 1.82) is 0 Å². The number of sulfonamides is 1. The smallest absolute Gasteiger partial charge is 0.243 e. The second-order valence-electron chi connectivity index (χ2n) is 7.74. The zero-order valence-corrected chi connectivity index (χ0v) is 18.2. The fourth-order valence-electron chi connectivity index (χ4n) is 3.65. The van der Waals surface area contributed by atoms with Crippen molar-refractivity contribution < 1.29 is 17.6 Å². The maximum atomic E-state index is 12.8. The normalized spacial score (nSPS) is 16.1. The molecule has 0 radical (unpaired) electrons. The van der Waals surface area contributed by atoms with E-state index in [1.807, 2.05) is 0 Å². The van der Waals surface area contributed by atoms with E-state index in [0.29, 0.717) is 35.3 Å². The maximum Gasteiger partial charge on any atom is 0.243 e. The minimum atomic E-state index is -3.50. The number of nitrogens with zero attached hydrogens (tertiary/aromatic N) is 1. The predicted octanol–water partition coefficient (Wildman–Crippen LogP) is 4.69. The molecule has 8 heteroatoms. The van der Waals surface area contributed by atoms with Crippen LogP contribution >= 0.6 is 11.6 Å². The molecule has 1 saturated heterocycles. The number of piperidine rings is 1. The molecule has 1 aliphatic rings. The van der Waals surface area contributed by atoms with Crippen LogP contribution in [0.4, 0.5) is 5.69 Å². The highest BCUT2D eigenvalue weighted by atomic mass is 35.5. The highest BCUT2D eigenvalue weighted by molar-refractivity contribution is 7.89. The third kappa shape index (κ3) is 4.38. The molecule has 0 saturated carbocycles. The summed E-state index contributed by atoms with van der Waals surface area (Å²) < 4.78 is 32.6. The summed E-state index contributed by atoms with van der Waals surface area (Å²) in [6.45, 7) is 3.23. The third-order valence-electron chi connectivity index (χ3n) is 5.49. The Bertz CT molecular complexity index is 1160. The van der Waals surface area contributed by atoms with Gasteiger partial charge in [0.2, 0.25) is 15.9 Å². The second-order valence-corrected chi connectivity index (χ2v) is 10.1. The molecule has 1 aromatic heterocycles. The summed E-state index contributed by atoms with van der Waals surface area (Å²) in [5.41, 5.74) is 1.95. The maximum absolute atomic E-state index is 12.8. The second kappa shape index (κ2) is 8.41. The molecule has 3 aromatic rings. The predicted molar refractivity (Wildman–Crippen MR) is 117 cm³/mol. The van der Waals surface area contributed by atoms with Crippen molar-refractivity contribution in [3.8, 4) is 0 Å². The van der Waals surface area contributed by atoms with Gasteiger partial charge in [-0.15, -0.1) is 0 Å². The van der Waals surface area contributed by atoms with Gasteiger partial charge in [0, 0.05) is 34.7 Å². The van der Waals surface area contributed by atoms with Gasteiger partial charge in [-0.3, -0.25) is 4.79 Å². The Morgan fingerprint density at radius 3 is 2.57 bits per heavy atom. The summed E-state index contributed by atoms with van der Waals surface area (Å²) in [6, 6.07) is 11.6. The molecule has 30 heavy (non-hydrogen) atoms. The first-order chi connectivity index (χ1) is 14.3. The number of furan rings is 1. The lowest BCUT2D eigenvalue weighted by Crippen LogP contribution is -2.37.